The first-order valence-corrected chi connectivity index (χ1v) is 6.67. The molecule has 2 atom stereocenters. The highest BCUT2D eigenvalue weighted by Crippen LogP contribution is 2.30. The Morgan fingerprint density at radius 1 is 1.61 bits per heavy atom. The molecule has 1 heterocycles. The predicted molar refractivity (Wildman–Crippen MR) is 69.8 cm³/mol. The molecule has 0 radical (unpaired) electrons. The third kappa shape index (κ3) is 2.90. The van der Waals surface area contributed by atoms with E-state index in [4.69, 9.17) is 5.73 Å². The average molecular weight is 250 g/mol. The van der Waals surface area contributed by atoms with Gasteiger partial charge in [-0.3, -0.25) is 9.48 Å². The highest BCUT2D eigenvalue weighted by molar-refractivity contribution is 5.79. The lowest BCUT2D eigenvalue weighted by Crippen LogP contribution is -2.36. The van der Waals surface area contributed by atoms with E-state index >= 15 is 0 Å². The van der Waals surface area contributed by atoms with Gasteiger partial charge >= 0.3 is 0 Å². The van der Waals surface area contributed by atoms with Crippen molar-refractivity contribution in [1.29, 1.82) is 0 Å². The van der Waals surface area contributed by atoms with Crippen molar-refractivity contribution in [3.8, 4) is 0 Å². The minimum atomic E-state index is 0.126. The Labute approximate surface area is 108 Å². The van der Waals surface area contributed by atoms with Gasteiger partial charge in [-0.25, -0.2) is 0 Å². The van der Waals surface area contributed by atoms with E-state index in [9.17, 15) is 4.79 Å². The monoisotopic (exact) mass is 250 g/mol. The Morgan fingerprint density at radius 2 is 2.44 bits per heavy atom. The number of hydrogen-bond donors (Lipinski definition) is 2. The molecule has 0 bridgehead atoms. The second-order valence-electron chi connectivity index (χ2n) is 5.02. The maximum atomic E-state index is 12.0. The van der Waals surface area contributed by atoms with Crippen molar-refractivity contribution in [3.63, 3.8) is 0 Å². The topological polar surface area (TPSA) is 72.9 Å². The molecule has 1 amide bonds. The van der Waals surface area contributed by atoms with Gasteiger partial charge in [0, 0.05) is 37.8 Å². The number of aryl methyl sites for hydroxylation is 1. The molecule has 18 heavy (non-hydrogen) atoms. The molecule has 3 N–H and O–H groups in total. The van der Waals surface area contributed by atoms with Crippen LogP contribution < -0.4 is 11.1 Å². The van der Waals surface area contributed by atoms with Gasteiger partial charge in [-0.2, -0.15) is 5.10 Å². The first-order valence-electron chi connectivity index (χ1n) is 6.67. The van der Waals surface area contributed by atoms with E-state index in [2.05, 4.69) is 10.4 Å². The zero-order chi connectivity index (χ0) is 13.0. The van der Waals surface area contributed by atoms with Crippen molar-refractivity contribution in [3.05, 3.63) is 18.0 Å². The number of aromatic nitrogens is 2. The largest absolute Gasteiger partial charge is 0.355 e. The van der Waals surface area contributed by atoms with Crippen LogP contribution in [0.5, 0.6) is 0 Å². The van der Waals surface area contributed by atoms with Crippen LogP contribution in [0.2, 0.25) is 0 Å². The number of amides is 1. The van der Waals surface area contributed by atoms with Gasteiger partial charge in [-0.15, -0.1) is 0 Å². The van der Waals surface area contributed by atoms with Crippen LogP contribution in [0.4, 0.5) is 0 Å². The number of rotatable bonds is 5. The van der Waals surface area contributed by atoms with E-state index < -0.39 is 0 Å². The van der Waals surface area contributed by atoms with E-state index in [1.54, 1.807) is 6.20 Å². The van der Waals surface area contributed by atoms with Crippen molar-refractivity contribution < 1.29 is 4.79 Å². The van der Waals surface area contributed by atoms with Gasteiger partial charge in [0.1, 0.15) is 0 Å². The Balaban J connectivity index is 1.76. The molecular weight excluding hydrogens is 228 g/mol. The molecule has 2 unspecified atom stereocenters. The maximum absolute atomic E-state index is 12.0. The van der Waals surface area contributed by atoms with Crippen LogP contribution in [0.15, 0.2) is 12.3 Å². The van der Waals surface area contributed by atoms with Gasteiger partial charge in [0.05, 0.1) is 0 Å². The molecule has 5 heteroatoms. The van der Waals surface area contributed by atoms with Gasteiger partial charge < -0.3 is 11.1 Å². The van der Waals surface area contributed by atoms with E-state index in [1.165, 1.54) is 0 Å². The molecule has 1 aliphatic carbocycles. The van der Waals surface area contributed by atoms with Gasteiger partial charge in [0.15, 0.2) is 0 Å². The third-order valence-corrected chi connectivity index (χ3v) is 3.90. The van der Waals surface area contributed by atoms with Gasteiger partial charge in [-0.05, 0) is 31.4 Å². The smallest absolute Gasteiger partial charge is 0.223 e. The second kappa shape index (κ2) is 6.00. The lowest BCUT2D eigenvalue weighted by Gasteiger charge is -2.17. The number of nitrogens with zero attached hydrogens (tertiary/aromatic N) is 2. The summed E-state index contributed by atoms with van der Waals surface area (Å²) in [6, 6.07) is 1.98. The van der Waals surface area contributed by atoms with Crippen LogP contribution >= 0.6 is 0 Å². The Bertz CT molecular complexity index is 401. The van der Waals surface area contributed by atoms with Crippen molar-refractivity contribution in [1.82, 2.24) is 15.1 Å². The number of carbonyl (C=O) groups is 1. The summed E-state index contributed by atoms with van der Waals surface area (Å²) in [7, 11) is 1.92. The van der Waals surface area contributed by atoms with Crippen LogP contribution in [-0.2, 0) is 18.3 Å². The molecule has 1 fully saturated rings. The Morgan fingerprint density at radius 3 is 3.11 bits per heavy atom. The molecule has 0 spiro atoms. The molecule has 0 aliphatic heterocycles. The van der Waals surface area contributed by atoms with Crippen LogP contribution in [0.1, 0.15) is 25.0 Å². The molecule has 100 valence electrons. The first kappa shape index (κ1) is 13.1. The fourth-order valence-electron chi connectivity index (χ4n) is 2.76. The van der Waals surface area contributed by atoms with E-state index in [1.807, 2.05) is 17.8 Å². The van der Waals surface area contributed by atoms with Gasteiger partial charge in [0.2, 0.25) is 5.91 Å². The zero-order valence-electron chi connectivity index (χ0n) is 10.9. The van der Waals surface area contributed by atoms with Crippen molar-refractivity contribution in [2.24, 2.45) is 24.6 Å². The minimum Gasteiger partial charge on any atom is -0.355 e. The molecule has 1 aliphatic rings. The fourth-order valence-corrected chi connectivity index (χ4v) is 2.76. The molecule has 1 saturated carbocycles. The summed E-state index contributed by atoms with van der Waals surface area (Å²) in [4.78, 5) is 12.0. The number of nitrogens with one attached hydrogen (secondary N) is 1. The van der Waals surface area contributed by atoms with Crippen LogP contribution in [-0.4, -0.2) is 28.8 Å². The predicted octanol–water partition coefficient (Wildman–Crippen LogP) is 0.454. The maximum Gasteiger partial charge on any atom is 0.223 e. The fraction of sp³-hybridized carbons (Fsp3) is 0.692. The Kier molecular flexibility index (Phi) is 4.36. The first-order chi connectivity index (χ1) is 8.72. The number of nitrogens with two attached hydrogens (primary N) is 1. The van der Waals surface area contributed by atoms with E-state index in [0.717, 1.165) is 31.4 Å². The molecule has 1 aromatic rings. The minimum absolute atomic E-state index is 0.126. The summed E-state index contributed by atoms with van der Waals surface area (Å²) >= 11 is 0. The second-order valence-corrected chi connectivity index (χ2v) is 5.02. The Hall–Kier alpha value is -1.36. The number of hydrogen-bond acceptors (Lipinski definition) is 3. The lowest BCUT2D eigenvalue weighted by atomic mass is 9.95. The van der Waals surface area contributed by atoms with Crippen LogP contribution in [0.25, 0.3) is 0 Å². The summed E-state index contributed by atoms with van der Waals surface area (Å²) in [6.07, 6.45) is 5.80. The van der Waals surface area contributed by atoms with Crippen LogP contribution in [0, 0.1) is 11.8 Å². The highest BCUT2D eigenvalue weighted by Gasteiger charge is 2.31. The quantitative estimate of drug-likeness (QED) is 0.797. The van der Waals surface area contributed by atoms with Gasteiger partial charge in [-0.1, -0.05) is 6.42 Å². The zero-order valence-corrected chi connectivity index (χ0v) is 10.9. The summed E-state index contributed by atoms with van der Waals surface area (Å²) in [5.74, 6) is 0.674. The van der Waals surface area contributed by atoms with E-state index in [0.29, 0.717) is 19.0 Å². The van der Waals surface area contributed by atoms with Crippen LogP contribution in [0.3, 0.4) is 0 Å². The molecular formula is C13H22N4O. The van der Waals surface area contributed by atoms with E-state index in [-0.39, 0.29) is 11.8 Å². The average Bonchev–Trinajstić information content (AvgIpc) is 2.98. The molecule has 2 rings (SSSR count). The molecule has 1 aromatic heterocycles. The summed E-state index contributed by atoms with van der Waals surface area (Å²) in [5, 5.41) is 7.12. The standard InChI is InChI=1S/C13H22N4O/c1-17-11(6-8-16-17)5-7-15-13(18)12-4-2-3-10(12)9-14/h6,8,10,12H,2-5,7,9,14H2,1H3,(H,15,18). The van der Waals surface area contributed by atoms with Crippen molar-refractivity contribution in [2.45, 2.75) is 25.7 Å². The number of carbonyl (C=O) groups excluding carboxylic acids is 1. The van der Waals surface area contributed by atoms with Gasteiger partial charge in [0.25, 0.3) is 0 Å². The molecule has 0 saturated heterocycles. The normalized spacial score (nSPS) is 23.2. The van der Waals surface area contributed by atoms with Crippen molar-refractivity contribution >= 4 is 5.91 Å². The molecule has 5 nitrogen and oxygen atoms in total. The molecule has 0 aromatic carbocycles. The summed E-state index contributed by atoms with van der Waals surface area (Å²) in [6.45, 7) is 1.30. The summed E-state index contributed by atoms with van der Waals surface area (Å²) in [5.41, 5.74) is 6.83. The lowest BCUT2D eigenvalue weighted by molar-refractivity contribution is -0.125. The third-order valence-electron chi connectivity index (χ3n) is 3.90. The van der Waals surface area contributed by atoms with Crippen molar-refractivity contribution in [2.75, 3.05) is 13.1 Å². The summed E-state index contributed by atoms with van der Waals surface area (Å²) < 4.78 is 1.84. The SMILES string of the molecule is Cn1nccc1CCNC(=O)C1CCCC1CN. The highest BCUT2D eigenvalue weighted by atomic mass is 16.1.